The second-order valence-electron chi connectivity index (χ2n) is 8.79. The molecule has 0 aliphatic rings. The maximum atomic E-state index is 12.5. The lowest BCUT2D eigenvalue weighted by Crippen LogP contribution is -2.28. The van der Waals surface area contributed by atoms with Crippen molar-refractivity contribution in [3.8, 4) is 22.6 Å². The van der Waals surface area contributed by atoms with Crippen LogP contribution in [0.3, 0.4) is 0 Å². The van der Waals surface area contributed by atoms with Crippen LogP contribution in [-0.2, 0) is 21.7 Å². The summed E-state index contributed by atoms with van der Waals surface area (Å²) in [4.78, 5) is 4.67. The van der Waals surface area contributed by atoms with Gasteiger partial charge in [0.15, 0.2) is 0 Å². The normalized spacial score (nSPS) is 12.7. The van der Waals surface area contributed by atoms with Gasteiger partial charge in [0.05, 0.1) is 11.8 Å². The topological polar surface area (TPSA) is 74.9 Å². The minimum Gasteiger partial charge on any atom is -0.616 e. The van der Waals surface area contributed by atoms with E-state index >= 15 is 0 Å². The Kier molecular flexibility index (Phi) is 6.65. The highest BCUT2D eigenvalue weighted by Crippen LogP contribution is 2.37. The van der Waals surface area contributed by atoms with Crippen molar-refractivity contribution in [1.29, 1.82) is 0 Å². The van der Waals surface area contributed by atoms with E-state index in [0.29, 0.717) is 16.9 Å². The molecule has 1 atom stereocenters. The van der Waals surface area contributed by atoms with Crippen molar-refractivity contribution < 1.29 is 8.97 Å². The van der Waals surface area contributed by atoms with Crippen LogP contribution >= 0.6 is 11.8 Å². The Morgan fingerprint density at radius 1 is 0.914 bits per heavy atom. The van der Waals surface area contributed by atoms with Gasteiger partial charge < -0.3 is 8.97 Å². The van der Waals surface area contributed by atoms with Gasteiger partial charge in [-0.1, -0.05) is 60.3 Å². The van der Waals surface area contributed by atoms with E-state index < -0.39 is 15.9 Å². The van der Waals surface area contributed by atoms with E-state index in [2.05, 4.69) is 57.6 Å². The van der Waals surface area contributed by atoms with Gasteiger partial charge >= 0.3 is 0 Å². The van der Waals surface area contributed by atoms with Gasteiger partial charge in [0.25, 0.3) is 5.22 Å². The van der Waals surface area contributed by atoms with E-state index in [1.54, 1.807) is 6.26 Å². The number of hydrogen-bond acceptors (Lipinski definition) is 6. The fourth-order valence-corrected chi connectivity index (χ4v) is 5.02. The van der Waals surface area contributed by atoms with E-state index in [0.717, 1.165) is 38.7 Å². The highest BCUT2D eigenvalue weighted by Gasteiger charge is 2.31. The molecule has 0 amide bonds. The Morgan fingerprint density at radius 2 is 1.71 bits per heavy atom. The standard InChI is InChI=1S/C28H25N3O2S2/c1-28(2,35(3)32)23-16-22-13-8-14-29-25(22)24(17-23)21-12-7-9-19(15-21)18-34-27-31-30-26(33-27)20-10-5-4-6-11-20/h4-17H,18H2,1-3H3. The second kappa shape index (κ2) is 9.85. The fraction of sp³-hybridized carbons (Fsp3) is 0.179. The molecule has 2 aromatic heterocycles. The minimum absolute atomic E-state index is 0.472. The third-order valence-corrected chi connectivity index (χ3v) is 8.71. The zero-order chi connectivity index (χ0) is 24.4. The van der Waals surface area contributed by atoms with E-state index in [1.807, 2.05) is 56.4 Å². The Labute approximate surface area is 212 Å². The Bertz CT molecular complexity index is 1470. The predicted molar refractivity (Wildman–Crippen MR) is 144 cm³/mol. The van der Waals surface area contributed by atoms with Gasteiger partial charge in [0.2, 0.25) is 5.89 Å². The smallest absolute Gasteiger partial charge is 0.277 e. The summed E-state index contributed by atoms with van der Waals surface area (Å²) in [6.07, 6.45) is 3.57. The van der Waals surface area contributed by atoms with Gasteiger partial charge in [-0.15, -0.1) is 10.2 Å². The molecule has 3 aromatic carbocycles. The Hall–Kier alpha value is -3.13. The highest BCUT2D eigenvalue weighted by atomic mass is 32.2. The first-order chi connectivity index (χ1) is 16.9. The van der Waals surface area contributed by atoms with Gasteiger partial charge in [0.1, 0.15) is 4.75 Å². The molecule has 0 spiro atoms. The van der Waals surface area contributed by atoms with Crippen LogP contribution in [-0.4, -0.2) is 26.0 Å². The van der Waals surface area contributed by atoms with Crippen molar-refractivity contribution in [1.82, 2.24) is 15.2 Å². The molecule has 0 radical (unpaired) electrons. The third-order valence-electron chi connectivity index (χ3n) is 6.15. The van der Waals surface area contributed by atoms with Crippen molar-refractivity contribution in [3.05, 3.63) is 96.2 Å². The van der Waals surface area contributed by atoms with Gasteiger partial charge in [-0.05, 0) is 66.5 Å². The van der Waals surface area contributed by atoms with E-state index in [4.69, 9.17) is 4.42 Å². The van der Waals surface area contributed by atoms with Crippen LogP contribution in [0.4, 0.5) is 0 Å². The number of aromatic nitrogens is 3. The number of pyridine rings is 1. The van der Waals surface area contributed by atoms with Crippen molar-refractivity contribution in [2.45, 2.75) is 29.6 Å². The first-order valence-electron chi connectivity index (χ1n) is 11.3. The molecule has 1 unspecified atom stereocenters. The molecule has 0 N–H and O–H groups in total. The lowest BCUT2D eigenvalue weighted by Gasteiger charge is -2.27. The quantitative estimate of drug-likeness (QED) is 0.180. The number of nitrogens with zero attached hydrogens (tertiary/aromatic N) is 3. The fourth-order valence-electron chi connectivity index (χ4n) is 3.87. The zero-order valence-corrected chi connectivity index (χ0v) is 21.4. The summed E-state index contributed by atoms with van der Waals surface area (Å²) in [7, 11) is 0. The molecule has 35 heavy (non-hydrogen) atoms. The molecule has 0 aliphatic carbocycles. The first kappa shape index (κ1) is 23.6. The monoisotopic (exact) mass is 499 g/mol. The predicted octanol–water partition coefficient (Wildman–Crippen LogP) is 6.86. The molecule has 0 aliphatic heterocycles. The first-order valence-corrected chi connectivity index (χ1v) is 13.8. The minimum atomic E-state index is -1.02. The van der Waals surface area contributed by atoms with Crippen LogP contribution in [0.25, 0.3) is 33.5 Å². The summed E-state index contributed by atoms with van der Waals surface area (Å²) in [5.74, 6) is 1.21. The summed E-state index contributed by atoms with van der Waals surface area (Å²) in [6, 6.07) is 26.4. The molecule has 5 nitrogen and oxygen atoms in total. The Balaban J connectivity index is 1.44. The van der Waals surface area contributed by atoms with Crippen LogP contribution in [0.15, 0.2) is 94.7 Å². The van der Waals surface area contributed by atoms with E-state index in [-0.39, 0.29) is 0 Å². The molecule has 2 heterocycles. The summed E-state index contributed by atoms with van der Waals surface area (Å²) < 4.78 is 17.9. The summed E-state index contributed by atoms with van der Waals surface area (Å²) in [6.45, 7) is 4.04. The molecule has 0 saturated heterocycles. The molecule has 5 rings (SSSR count). The number of rotatable bonds is 7. The van der Waals surface area contributed by atoms with Crippen LogP contribution < -0.4 is 0 Å². The molecule has 7 heteroatoms. The lowest BCUT2D eigenvalue weighted by molar-refractivity contribution is 0.466. The summed E-state index contributed by atoms with van der Waals surface area (Å²) >= 11 is 0.490. The van der Waals surface area contributed by atoms with E-state index in [9.17, 15) is 4.55 Å². The molecule has 0 saturated carbocycles. The molecule has 0 bridgehead atoms. The Morgan fingerprint density at radius 3 is 2.51 bits per heavy atom. The molecular formula is C28H25N3O2S2. The second-order valence-corrected chi connectivity index (χ2v) is 11.6. The zero-order valence-electron chi connectivity index (χ0n) is 19.8. The molecule has 0 fully saturated rings. The van der Waals surface area contributed by atoms with Crippen molar-refractivity contribution in [2.24, 2.45) is 0 Å². The molecular weight excluding hydrogens is 474 g/mol. The number of benzene rings is 3. The van der Waals surface area contributed by atoms with Gasteiger partial charge in [-0.3, -0.25) is 4.98 Å². The van der Waals surface area contributed by atoms with Gasteiger partial charge in [-0.25, -0.2) is 0 Å². The summed E-state index contributed by atoms with van der Waals surface area (Å²) in [5.41, 5.74) is 6.12. The van der Waals surface area contributed by atoms with Crippen LogP contribution in [0, 0.1) is 0 Å². The lowest BCUT2D eigenvalue weighted by atomic mass is 9.93. The maximum absolute atomic E-state index is 12.5. The van der Waals surface area contributed by atoms with Crippen molar-refractivity contribution >= 4 is 33.8 Å². The molecule has 176 valence electrons. The molecule has 5 aromatic rings. The van der Waals surface area contributed by atoms with Crippen molar-refractivity contribution in [3.63, 3.8) is 0 Å². The number of thioether (sulfide) groups is 1. The SMILES string of the molecule is C[S+]([O-])C(C)(C)c1cc(-c2cccc(CSc3nnc(-c4ccccc4)o3)c2)c2ncccc2c1. The van der Waals surface area contributed by atoms with Gasteiger partial charge in [0, 0.05) is 34.0 Å². The highest BCUT2D eigenvalue weighted by molar-refractivity contribution is 7.98. The van der Waals surface area contributed by atoms with Crippen LogP contribution in [0.2, 0.25) is 0 Å². The number of hydrogen-bond donors (Lipinski definition) is 0. The van der Waals surface area contributed by atoms with Crippen LogP contribution in [0.1, 0.15) is 25.0 Å². The third kappa shape index (κ3) is 4.98. The summed E-state index contributed by atoms with van der Waals surface area (Å²) in [5, 5.41) is 9.94. The van der Waals surface area contributed by atoms with Gasteiger partial charge in [-0.2, -0.15) is 0 Å². The largest absolute Gasteiger partial charge is 0.616 e. The average Bonchev–Trinajstić information content (AvgIpc) is 3.36. The number of fused-ring (bicyclic) bond motifs is 1. The maximum Gasteiger partial charge on any atom is 0.277 e. The van der Waals surface area contributed by atoms with Crippen molar-refractivity contribution in [2.75, 3.05) is 6.26 Å². The van der Waals surface area contributed by atoms with Crippen LogP contribution in [0.5, 0.6) is 0 Å². The van der Waals surface area contributed by atoms with E-state index in [1.165, 1.54) is 11.8 Å². The average molecular weight is 500 g/mol.